The normalized spacial score (nSPS) is 15.0. The second kappa shape index (κ2) is 8.51. The van der Waals surface area contributed by atoms with E-state index in [1.165, 1.54) is 12.0 Å². The van der Waals surface area contributed by atoms with E-state index in [-0.39, 0.29) is 11.1 Å². The largest absolute Gasteiger partial charge is 0.465 e. The molecule has 4 rings (SSSR count). The van der Waals surface area contributed by atoms with Gasteiger partial charge in [0.2, 0.25) is 0 Å². The van der Waals surface area contributed by atoms with Gasteiger partial charge in [0.05, 0.1) is 23.3 Å². The molecule has 0 aliphatic carbocycles. The highest BCUT2D eigenvalue weighted by atomic mass is 32.2. The Labute approximate surface area is 190 Å². The van der Waals surface area contributed by atoms with Crippen LogP contribution in [0.3, 0.4) is 0 Å². The third kappa shape index (κ3) is 3.76. The smallest absolute Gasteiger partial charge is 0.337 e. The summed E-state index contributed by atoms with van der Waals surface area (Å²) in [4.78, 5) is 39.1. The first kappa shape index (κ1) is 21.6. The number of thioether (sulfide) groups is 1. The Bertz CT molecular complexity index is 1270. The van der Waals surface area contributed by atoms with Gasteiger partial charge in [0.1, 0.15) is 0 Å². The minimum atomic E-state index is -0.400. The van der Waals surface area contributed by atoms with Crippen molar-refractivity contribution in [1.29, 1.82) is 0 Å². The van der Waals surface area contributed by atoms with Crippen molar-refractivity contribution < 1.29 is 19.1 Å². The summed E-state index contributed by atoms with van der Waals surface area (Å²) in [6, 6.07) is 16.3. The van der Waals surface area contributed by atoms with Crippen molar-refractivity contribution in [2.75, 3.05) is 12.0 Å². The number of rotatable bonds is 4. The highest BCUT2D eigenvalue weighted by Gasteiger charge is 2.36. The van der Waals surface area contributed by atoms with E-state index in [1.807, 2.05) is 43.5 Å². The zero-order chi connectivity index (χ0) is 23.0. The van der Waals surface area contributed by atoms with E-state index >= 15 is 0 Å². The molecule has 1 saturated heterocycles. The molecule has 6 nitrogen and oxygen atoms in total. The lowest BCUT2D eigenvalue weighted by atomic mass is 10.1. The van der Waals surface area contributed by atoms with Crippen LogP contribution in [0.2, 0.25) is 0 Å². The molecule has 0 spiro atoms. The predicted octanol–water partition coefficient (Wildman–Crippen LogP) is 5.43. The lowest BCUT2D eigenvalue weighted by Gasteiger charge is -2.14. The van der Waals surface area contributed by atoms with E-state index in [0.29, 0.717) is 16.2 Å². The number of methoxy groups -OCH3 is 1. The molecule has 32 heavy (non-hydrogen) atoms. The summed E-state index contributed by atoms with van der Waals surface area (Å²) in [5, 5.41) is -0.317. The Morgan fingerprint density at radius 3 is 2.41 bits per heavy atom. The molecule has 0 saturated carbocycles. The fraction of sp³-hybridized carbons (Fsp3) is 0.160. The molecule has 2 amide bonds. The molecular weight excluding hydrogens is 424 g/mol. The standard InChI is InChI=1S/C25H22N2O4S/c1-15-10-11-18(24(29)31-4)13-21(15)26-16(2)12-19(17(26)3)14-22-23(28)27(25(30)32-22)20-8-6-5-7-9-20/h5-14H,1-4H3. The highest BCUT2D eigenvalue weighted by Crippen LogP contribution is 2.36. The van der Waals surface area contributed by atoms with Crippen LogP contribution in [0.1, 0.15) is 32.9 Å². The zero-order valence-corrected chi connectivity index (χ0v) is 19.0. The number of carbonyl (C=O) groups excluding carboxylic acids is 3. The Balaban J connectivity index is 1.74. The first-order chi connectivity index (χ1) is 15.3. The number of ether oxygens (including phenoxy) is 1. The van der Waals surface area contributed by atoms with Gasteiger partial charge in [0, 0.05) is 17.1 Å². The number of hydrogen-bond acceptors (Lipinski definition) is 5. The maximum absolute atomic E-state index is 13.0. The Kier molecular flexibility index (Phi) is 5.76. The molecule has 1 fully saturated rings. The molecule has 2 heterocycles. The van der Waals surface area contributed by atoms with E-state index in [0.717, 1.165) is 40.0 Å². The third-order valence-electron chi connectivity index (χ3n) is 5.44. The molecule has 2 aromatic carbocycles. The van der Waals surface area contributed by atoms with E-state index in [2.05, 4.69) is 0 Å². The lowest BCUT2D eigenvalue weighted by Crippen LogP contribution is -2.27. The molecule has 1 aromatic heterocycles. The van der Waals surface area contributed by atoms with Crippen LogP contribution in [0.25, 0.3) is 11.8 Å². The third-order valence-corrected chi connectivity index (χ3v) is 6.31. The fourth-order valence-corrected chi connectivity index (χ4v) is 4.64. The number of aryl methyl sites for hydroxylation is 2. The number of hydrogen-bond donors (Lipinski definition) is 0. The number of para-hydroxylation sites is 1. The summed E-state index contributed by atoms with van der Waals surface area (Å²) in [5.74, 6) is -0.733. The van der Waals surface area contributed by atoms with Gasteiger partial charge < -0.3 is 9.30 Å². The van der Waals surface area contributed by atoms with Gasteiger partial charge in [0.25, 0.3) is 11.1 Å². The van der Waals surface area contributed by atoms with Crippen molar-refractivity contribution in [3.63, 3.8) is 0 Å². The van der Waals surface area contributed by atoms with Crippen molar-refractivity contribution in [3.8, 4) is 5.69 Å². The van der Waals surface area contributed by atoms with Crippen molar-refractivity contribution in [3.05, 3.63) is 87.6 Å². The number of amides is 2. The van der Waals surface area contributed by atoms with Crippen LogP contribution in [0.15, 0.2) is 59.5 Å². The van der Waals surface area contributed by atoms with Crippen LogP contribution in [0.5, 0.6) is 0 Å². The van der Waals surface area contributed by atoms with Gasteiger partial charge in [-0.25, -0.2) is 9.69 Å². The first-order valence-corrected chi connectivity index (χ1v) is 10.8. The maximum atomic E-state index is 13.0. The minimum Gasteiger partial charge on any atom is -0.465 e. The predicted molar refractivity (Wildman–Crippen MR) is 126 cm³/mol. The monoisotopic (exact) mass is 446 g/mol. The van der Waals surface area contributed by atoms with Crippen molar-refractivity contribution in [2.24, 2.45) is 0 Å². The minimum absolute atomic E-state index is 0.317. The van der Waals surface area contributed by atoms with Gasteiger partial charge in [-0.15, -0.1) is 0 Å². The van der Waals surface area contributed by atoms with Crippen molar-refractivity contribution >= 4 is 40.6 Å². The SMILES string of the molecule is COC(=O)c1ccc(C)c(-n2c(C)cc(C=C3SC(=O)N(c4ccccc4)C3=O)c2C)c1. The summed E-state index contributed by atoms with van der Waals surface area (Å²) >= 11 is 0.932. The van der Waals surface area contributed by atoms with Crippen LogP contribution in [0.4, 0.5) is 10.5 Å². The quantitative estimate of drug-likeness (QED) is 0.395. The van der Waals surface area contributed by atoms with Crippen LogP contribution in [-0.4, -0.2) is 28.8 Å². The summed E-state index contributed by atoms with van der Waals surface area (Å²) in [6.07, 6.45) is 1.76. The molecular formula is C25H22N2O4S. The molecule has 1 aliphatic heterocycles. The number of anilines is 1. The van der Waals surface area contributed by atoms with Gasteiger partial charge >= 0.3 is 5.97 Å². The number of esters is 1. The first-order valence-electron chi connectivity index (χ1n) is 10.0. The Morgan fingerprint density at radius 1 is 1.00 bits per heavy atom. The lowest BCUT2D eigenvalue weighted by molar-refractivity contribution is -0.113. The summed E-state index contributed by atoms with van der Waals surface area (Å²) in [6.45, 7) is 5.88. The number of benzene rings is 2. The molecule has 0 atom stereocenters. The zero-order valence-electron chi connectivity index (χ0n) is 18.2. The molecule has 0 N–H and O–H groups in total. The second-order valence-electron chi connectivity index (χ2n) is 7.51. The molecule has 3 aromatic rings. The van der Waals surface area contributed by atoms with Gasteiger partial charge in [0.15, 0.2) is 0 Å². The average molecular weight is 447 g/mol. The molecule has 162 valence electrons. The number of aromatic nitrogens is 1. The number of imide groups is 1. The van der Waals surface area contributed by atoms with Crippen molar-refractivity contribution in [2.45, 2.75) is 20.8 Å². The molecule has 0 unspecified atom stereocenters. The molecule has 0 bridgehead atoms. The van der Waals surface area contributed by atoms with E-state index < -0.39 is 5.97 Å². The van der Waals surface area contributed by atoms with Crippen molar-refractivity contribution in [1.82, 2.24) is 4.57 Å². The second-order valence-corrected chi connectivity index (χ2v) is 8.50. The van der Waals surface area contributed by atoms with E-state index in [9.17, 15) is 14.4 Å². The average Bonchev–Trinajstić information content (AvgIpc) is 3.22. The summed E-state index contributed by atoms with van der Waals surface area (Å²) in [5.41, 5.74) is 5.56. The number of nitrogens with zero attached hydrogens (tertiary/aromatic N) is 2. The van der Waals surface area contributed by atoms with Crippen LogP contribution >= 0.6 is 11.8 Å². The Hall–Kier alpha value is -3.58. The molecule has 1 aliphatic rings. The fourth-order valence-electron chi connectivity index (χ4n) is 3.81. The van der Waals surface area contributed by atoms with Gasteiger partial charge in [-0.05, 0) is 80.1 Å². The summed E-state index contributed by atoms with van der Waals surface area (Å²) < 4.78 is 6.89. The Morgan fingerprint density at radius 2 is 1.72 bits per heavy atom. The van der Waals surface area contributed by atoms with Gasteiger partial charge in [-0.3, -0.25) is 9.59 Å². The maximum Gasteiger partial charge on any atom is 0.337 e. The van der Waals surface area contributed by atoms with Gasteiger partial charge in [-0.2, -0.15) is 0 Å². The van der Waals surface area contributed by atoms with Gasteiger partial charge in [-0.1, -0.05) is 24.3 Å². The highest BCUT2D eigenvalue weighted by molar-refractivity contribution is 8.19. The van der Waals surface area contributed by atoms with Crippen LogP contribution in [0, 0.1) is 20.8 Å². The van der Waals surface area contributed by atoms with Crippen LogP contribution in [-0.2, 0) is 9.53 Å². The van der Waals surface area contributed by atoms with E-state index in [1.54, 1.807) is 42.5 Å². The topological polar surface area (TPSA) is 68.6 Å². The molecule has 7 heteroatoms. The number of carbonyl (C=O) groups is 3. The molecule has 0 radical (unpaired) electrons. The van der Waals surface area contributed by atoms with E-state index in [4.69, 9.17) is 4.74 Å². The summed E-state index contributed by atoms with van der Waals surface area (Å²) in [7, 11) is 1.36. The van der Waals surface area contributed by atoms with Crippen LogP contribution < -0.4 is 4.90 Å².